The predicted molar refractivity (Wildman–Crippen MR) is 264 cm³/mol. The van der Waals surface area contributed by atoms with Gasteiger partial charge in [0.05, 0.1) is 30.6 Å². The van der Waals surface area contributed by atoms with Crippen molar-refractivity contribution in [2.75, 3.05) is 6.54 Å². The summed E-state index contributed by atoms with van der Waals surface area (Å²) in [5, 5.41) is 29.0. The molecule has 8 amide bonds. The van der Waals surface area contributed by atoms with Crippen LogP contribution in [-0.2, 0) is 69.3 Å². The molecule has 0 aliphatic carbocycles. The lowest BCUT2D eigenvalue weighted by Gasteiger charge is -2.36. The van der Waals surface area contributed by atoms with Gasteiger partial charge in [-0.3, -0.25) is 24.0 Å². The lowest BCUT2D eigenvalue weighted by Crippen LogP contribution is -2.71. The van der Waals surface area contributed by atoms with E-state index in [-0.39, 0.29) is 75.2 Å². The quantitative estimate of drug-likeness (QED) is 0.0536. The normalized spacial score (nSPS) is 21.4. The molecule has 11 N–H and O–H groups in total. The maximum Gasteiger partial charge on any atom is 0.408 e. The number of carbonyl (C=O) groups excluding carboxylic acids is 8. The van der Waals surface area contributed by atoms with Gasteiger partial charge in [0.15, 0.2) is 0 Å². The van der Waals surface area contributed by atoms with Crippen LogP contribution in [0, 0.1) is 0 Å². The van der Waals surface area contributed by atoms with Crippen LogP contribution < -0.4 is 48.3 Å². The van der Waals surface area contributed by atoms with E-state index in [9.17, 15) is 43.2 Å². The van der Waals surface area contributed by atoms with E-state index >= 15 is 0 Å². The van der Waals surface area contributed by atoms with Gasteiger partial charge in [0.2, 0.25) is 23.6 Å². The third-order valence-corrected chi connectivity index (χ3v) is 11.5. The number of ether oxygens (including phenoxy) is 4. The smallest absolute Gasteiger partial charge is 0.408 e. The molecule has 23 nitrogen and oxygen atoms in total. The second-order valence-electron chi connectivity index (χ2n) is 16.8. The number of amides is 8. The van der Waals surface area contributed by atoms with E-state index in [4.69, 9.17) is 29.8 Å². The summed E-state index contributed by atoms with van der Waals surface area (Å²) in [6, 6.07) is 34.1. The van der Waals surface area contributed by atoms with Gasteiger partial charge in [-0.1, -0.05) is 135 Å². The summed E-state index contributed by atoms with van der Waals surface area (Å²) in [6.07, 6.45) is -1.14. The van der Waals surface area contributed by atoms with E-state index in [1.165, 1.54) is 0 Å². The van der Waals surface area contributed by atoms with Gasteiger partial charge in [0.1, 0.15) is 50.6 Å². The summed E-state index contributed by atoms with van der Waals surface area (Å²) in [7, 11) is 0. The van der Waals surface area contributed by atoms with Crippen LogP contribution in [-0.4, -0.2) is 114 Å². The van der Waals surface area contributed by atoms with Crippen LogP contribution in [0.3, 0.4) is 0 Å². The number of carboxylic acids is 1. The van der Waals surface area contributed by atoms with Crippen molar-refractivity contribution in [2.45, 2.75) is 108 Å². The largest absolute Gasteiger partial charge is 0.481 e. The molecule has 4 aromatic carbocycles. The van der Waals surface area contributed by atoms with Gasteiger partial charge in [-0.05, 0) is 35.1 Å². The van der Waals surface area contributed by atoms with Crippen molar-refractivity contribution in [2.24, 2.45) is 5.73 Å². The topological polar surface area (TPSA) is 333 Å². The Balaban J connectivity index is 0.000000183. The summed E-state index contributed by atoms with van der Waals surface area (Å²) in [4.78, 5) is 101. The number of aliphatic carboxylic acids is 1. The lowest BCUT2D eigenvalue weighted by atomic mass is 9.96. The first-order chi connectivity index (χ1) is 35.7. The van der Waals surface area contributed by atoms with Crippen LogP contribution in [0.25, 0.3) is 0 Å². The zero-order valence-electron chi connectivity index (χ0n) is 40.7. The molecule has 0 aromatic heterocycles. The van der Waals surface area contributed by atoms with Crippen LogP contribution in [0.4, 0.5) is 19.2 Å². The Bertz CT molecular complexity index is 2310. The maximum atomic E-state index is 11.5. The second-order valence-corrected chi connectivity index (χ2v) is 16.8. The van der Waals surface area contributed by atoms with Crippen LogP contribution in [0.5, 0.6) is 0 Å². The number of hydrogen-bond acceptors (Lipinski definition) is 14. The number of hydrogen-bond donors (Lipinski definition) is 10. The highest BCUT2D eigenvalue weighted by molar-refractivity contribution is 5.94. The number of nitrogens with one attached hydrogen (secondary N) is 8. The molecule has 0 spiro atoms. The number of rotatable bonds is 17. The van der Waals surface area contributed by atoms with Gasteiger partial charge in [-0.15, -0.1) is 0 Å². The van der Waals surface area contributed by atoms with E-state index in [1.54, 1.807) is 12.1 Å². The van der Waals surface area contributed by atoms with Crippen molar-refractivity contribution < 1.29 is 67.2 Å². The molecule has 4 heterocycles. The number of carbonyl (C=O) groups is 9. The van der Waals surface area contributed by atoms with Crippen molar-refractivity contribution in [1.29, 1.82) is 0 Å². The first kappa shape index (κ1) is 56.2. The summed E-state index contributed by atoms with van der Waals surface area (Å²) in [5.74, 6) is -1.99. The fourth-order valence-corrected chi connectivity index (χ4v) is 7.23. The monoisotopic (exact) mass is 1020 g/mol. The van der Waals surface area contributed by atoms with Gasteiger partial charge < -0.3 is 72.3 Å². The SMILES string of the molecule is CC[C@H]1NC(=O)[C@H]1NC(=O)OCc1ccccc1.CC[C@H]1NC(=O)[C@H]1NC(=O)OCc1ccccc1.NC[C@H]1NC(=O)[C@H]1NC(=O)OCc1ccccc1.O=C(O)C[C@H]1NC(=O)[C@H]1NC(=O)OCc1ccccc1. The van der Waals surface area contributed by atoms with Crippen molar-refractivity contribution in [1.82, 2.24) is 42.5 Å². The van der Waals surface area contributed by atoms with Crippen molar-refractivity contribution in [3.8, 4) is 0 Å². The highest BCUT2D eigenvalue weighted by Gasteiger charge is 2.43. The number of β-lactam (4-membered cyclic amide) rings is 4. The van der Waals surface area contributed by atoms with Gasteiger partial charge in [-0.25, -0.2) is 19.2 Å². The molecule has 74 heavy (non-hydrogen) atoms. The molecule has 0 unspecified atom stereocenters. The first-order valence-electron chi connectivity index (χ1n) is 23.7. The fraction of sp³-hybridized carbons (Fsp3) is 0.353. The Hall–Kier alpha value is -8.73. The molecular weight excluding hydrogens is 963 g/mol. The molecule has 4 aliphatic heterocycles. The maximum absolute atomic E-state index is 11.5. The minimum atomic E-state index is -1.04. The Morgan fingerprint density at radius 1 is 0.432 bits per heavy atom. The first-order valence-corrected chi connectivity index (χ1v) is 23.7. The third kappa shape index (κ3) is 17.8. The zero-order chi connectivity index (χ0) is 53.4. The highest BCUT2D eigenvalue weighted by Crippen LogP contribution is 2.14. The molecule has 8 atom stereocenters. The fourth-order valence-electron chi connectivity index (χ4n) is 7.23. The molecule has 4 saturated heterocycles. The minimum Gasteiger partial charge on any atom is -0.481 e. The van der Waals surface area contributed by atoms with E-state index in [1.807, 2.05) is 123 Å². The summed E-state index contributed by atoms with van der Waals surface area (Å²) in [5.41, 5.74) is 8.96. The molecule has 4 aliphatic rings. The minimum absolute atomic E-state index is 0.0155. The van der Waals surface area contributed by atoms with Gasteiger partial charge >= 0.3 is 30.3 Å². The van der Waals surface area contributed by atoms with Crippen LogP contribution in [0.15, 0.2) is 121 Å². The van der Waals surface area contributed by atoms with Gasteiger partial charge in [0, 0.05) is 6.54 Å². The van der Waals surface area contributed by atoms with Crippen LogP contribution in [0.1, 0.15) is 55.4 Å². The standard InChI is InChI=1S/C13H14N2O5.2C13H16N2O3.C12H15N3O3/c16-10(17)6-9-11(12(18)14-9)15-13(19)20-7-8-4-2-1-3-5-8;2*1-2-10-11(12(16)14-10)15-13(17)18-8-9-6-4-3-5-7-9;13-6-9-10(11(16)14-9)15-12(17)18-7-8-4-2-1-3-5-8/h1-5,9,11H,6-7H2,(H,14,18)(H,15,19)(H,16,17);2*3-7,10-11H,2,8H2,1H3,(H,14,16)(H,15,17);1-5,9-10H,6-7,13H2,(H,14,16)(H,15,17)/t9-,11+;2*10-,11+;9-,10+/m1111/s1. The Labute approximate surface area is 426 Å². The van der Waals surface area contributed by atoms with E-state index < -0.39 is 66.5 Å². The van der Waals surface area contributed by atoms with Gasteiger partial charge in [-0.2, -0.15) is 0 Å². The summed E-state index contributed by atoms with van der Waals surface area (Å²) in [6.45, 7) is 4.87. The lowest BCUT2D eigenvalue weighted by molar-refractivity contribution is -0.141. The molecule has 0 bridgehead atoms. The number of carboxylic acid groups (broad SMARTS) is 1. The molecule has 4 aromatic rings. The highest BCUT2D eigenvalue weighted by atomic mass is 16.6. The summed E-state index contributed by atoms with van der Waals surface area (Å²) >= 11 is 0. The van der Waals surface area contributed by atoms with Crippen molar-refractivity contribution in [3.05, 3.63) is 144 Å². The van der Waals surface area contributed by atoms with Crippen molar-refractivity contribution in [3.63, 3.8) is 0 Å². The molecule has 4 fully saturated rings. The zero-order valence-corrected chi connectivity index (χ0v) is 40.7. The van der Waals surface area contributed by atoms with E-state index in [0.29, 0.717) is 0 Å². The Morgan fingerprint density at radius 2 is 0.676 bits per heavy atom. The van der Waals surface area contributed by atoms with Gasteiger partial charge in [0.25, 0.3) is 0 Å². The Morgan fingerprint density at radius 3 is 0.919 bits per heavy atom. The average Bonchev–Trinajstić information content (AvgIpc) is 3.41. The van der Waals surface area contributed by atoms with E-state index in [2.05, 4.69) is 42.5 Å². The molecule has 394 valence electrons. The van der Waals surface area contributed by atoms with E-state index in [0.717, 1.165) is 35.1 Å². The molecule has 0 saturated carbocycles. The molecule has 0 radical (unpaired) electrons. The molecule has 8 rings (SSSR count). The number of nitrogens with two attached hydrogens (primary N) is 1. The number of alkyl carbamates (subject to hydrolysis) is 4. The predicted octanol–water partition coefficient (Wildman–Crippen LogP) is 2.37. The van der Waals surface area contributed by atoms with Crippen LogP contribution in [0.2, 0.25) is 0 Å². The third-order valence-electron chi connectivity index (χ3n) is 11.5. The molecule has 23 heteroatoms. The number of benzene rings is 4. The molecular formula is C51H61N9O14. The average molecular weight is 1020 g/mol. The summed E-state index contributed by atoms with van der Waals surface area (Å²) < 4.78 is 20.1. The van der Waals surface area contributed by atoms with Crippen molar-refractivity contribution >= 4 is 54.0 Å². The van der Waals surface area contributed by atoms with Crippen LogP contribution >= 0.6 is 0 Å². The second kappa shape index (κ2) is 29.0. The Kier molecular flexibility index (Phi) is 22.0.